The van der Waals surface area contributed by atoms with Crippen LogP contribution in [0.5, 0.6) is 5.75 Å². The first-order chi connectivity index (χ1) is 16.8. The number of carbonyl (C=O) groups excluding carboxylic acids is 4. The summed E-state index contributed by atoms with van der Waals surface area (Å²) < 4.78 is 15.0. The van der Waals surface area contributed by atoms with Crippen molar-refractivity contribution in [3.63, 3.8) is 0 Å². The molecular weight excluding hydrogens is 478 g/mol. The number of amides is 3. The van der Waals surface area contributed by atoms with Crippen LogP contribution >= 0.6 is 11.6 Å². The van der Waals surface area contributed by atoms with Gasteiger partial charge in [0, 0.05) is 23.7 Å². The molecule has 184 valence electrons. The number of benzene rings is 2. The van der Waals surface area contributed by atoms with E-state index in [9.17, 15) is 19.2 Å². The summed E-state index contributed by atoms with van der Waals surface area (Å²) in [4.78, 5) is 53.1. The maximum atomic E-state index is 13.5. The van der Waals surface area contributed by atoms with Crippen LogP contribution in [0.1, 0.15) is 10.4 Å². The van der Waals surface area contributed by atoms with Gasteiger partial charge in [0.1, 0.15) is 25.0 Å². The van der Waals surface area contributed by atoms with Crippen molar-refractivity contribution >= 4 is 41.0 Å². The zero-order valence-corrected chi connectivity index (χ0v) is 20.0. The van der Waals surface area contributed by atoms with Gasteiger partial charge in [0.15, 0.2) is 0 Å². The second kappa shape index (κ2) is 10.3. The molecule has 0 aliphatic carbocycles. The molecule has 1 N–H and O–H groups in total. The van der Waals surface area contributed by atoms with Crippen LogP contribution in [0.2, 0.25) is 5.02 Å². The fourth-order valence-electron chi connectivity index (χ4n) is 4.12. The molecule has 4 rings (SSSR count). The predicted octanol–water partition coefficient (Wildman–Crippen LogP) is 1.81. The monoisotopic (exact) mass is 501 g/mol. The first-order valence-corrected chi connectivity index (χ1v) is 11.2. The third-order valence-corrected chi connectivity index (χ3v) is 6.19. The Morgan fingerprint density at radius 2 is 1.86 bits per heavy atom. The second-order valence-corrected chi connectivity index (χ2v) is 8.45. The van der Waals surface area contributed by atoms with Gasteiger partial charge in [0.25, 0.3) is 5.91 Å². The SMILES string of the molecule is COC(=O)COCC(=O)N1CCN2C(=O)c3cc(-c4cc(Cl)ccc4OC)ccc3NC(=O)C2C1. The fraction of sp³-hybridized carbons (Fsp3) is 0.333. The molecule has 2 aromatic carbocycles. The summed E-state index contributed by atoms with van der Waals surface area (Å²) in [6.45, 7) is -0.264. The lowest BCUT2D eigenvalue weighted by atomic mass is 10.00. The van der Waals surface area contributed by atoms with Crippen LogP contribution in [0, 0.1) is 0 Å². The molecule has 0 radical (unpaired) electrons. The molecule has 0 spiro atoms. The van der Waals surface area contributed by atoms with Gasteiger partial charge in [-0.1, -0.05) is 17.7 Å². The molecule has 2 aliphatic rings. The van der Waals surface area contributed by atoms with Crippen molar-refractivity contribution in [3.8, 4) is 16.9 Å². The van der Waals surface area contributed by atoms with Crippen LogP contribution in [0.4, 0.5) is 5.69 Å². The average molecular weight is 502 g/mol. The molecule has 0 aromatic heterocycles. The summed E-state index contributed by atoms with van der Waals surface area (Å²) in [6.07, 6.45) is 0. The predicted molar refractivity (Wildman–Crippen MR) is 126 cm³/mol. The normalized spacial score (nSPS) is 17.2. The number of hydrogen-bond donors (Lipinski definition) is 1. The second-order valence-electron chi connectivity index (χ2n) is 8.02. The Morgan fingerprint density at radius 3 is 2.60 bits per heavy atom. The number of nitrogens with one attached hydrogen (secondary N) is 1. The Bertz CT molecular complexity index is 1190. The Balaban J connectivity index is 1.54. The van der Waals surface area contributed by atoms with Gasteiger partial charge in [-0.25, -0.2) is 4.79 Å². The molecule has 2 aliphatic heterocycles. The Labute approximate surface area is 206 Å². The third kappa shape index (κ3) is 5.08. The molecule has 1 saturated heterocycles. The van der Waals surface area contributed by atoms with E-state index in [0.717, 1.165) is 0 Å². The van der Waals surface area contributed by atoms with Gasteiger partial charge >= 0.3 is 5.97 Å². The van der Waals surface area contributed by atoms with E-state index < -0.39 is 17.9 Å². The van der Waals surface area contributed by atoms with Gasteiger partial charge < -0.3 is 29.3 Å². The van der Waals surface area contributed by atoms with Gasteiger partial charge in [-0.2, -0.15) is 0 Å². The lowest BCUT2D eigenvalue weighted by Crippen LogP contribution is -2.60. The highest BCUT2D eigenvalue weighted by molar-refractivity contribution is 6.31. The molecule has 3 amide bonds. The van der Waals surface area contributed by atoms with E-state index >= 15 is 0 Å². The van der Waals surface area contributed by atoms with Crippen molar-refractivity contribution in [2.24, 2.45) is 0 Å². The number of piperazine rings is 1. The van der Waals surface area contributed by atoms with Gasteiger partial charge in [-0.05, 0) is 35.9 Å². The number of methoxy groups -OCH3 is 2. The number of anilines is 1. The topological polar surface area (TPSA) is 114 Å². The number of hydrogen-bond acceptors (Lipinski definition) is 7. The van der Waals surface area contributed by atoms with Crippen molar-refractivity contribution in [2.45, 2.75) is 6.04 Å². The van der Waals surface area contributed by atoms with Gasteiger partial charge in [0.05, 0.1) is 32.0 Å². The van der Waals surface area contributed by atoms with Crippen LogP contribution in [-0.4, -0.2) is 86.6 Å². The first-order valence-electron chi connectivity index (χ1n) is 10.8. The van der Waals surface area contributed by atoms with E-state index in [4.69, 9.17) is 21.1 Å². The van der Waals surface area contributed by atoms with Crippen molar-refractivity contribution in [3.05, 3.63) is 47.0 Å². The summed E-state index contributed by atoms with van der Waals surface area (Å²) in [6, 6.07) is 9.49. The summed E-state index contributed by atoms with van der Waals surface area (Å²) in [5.74, 6) is -1.09. The van der Waals surface area contributed by atoms with Crippen LogP contribution in [0.25, 0.3) is 11.1 Å². The first kappa shape index (κ1) is 24.5. The average Bonchev–Trinajstić information content (AvgIpc) is 2.97. The smallest absolute Gasteiger partial charge is 0.331 e. The fourth-order valence-corrected chi connectivity index (χ4v) is 4.30. The van der Waals surface area contributed by atoms with Crippen molar-refractivity contribution in [1.29, 1.82) is 0 Å². The van der Waals surface area contributed by atoms with E-state index in [0.29, 0.717) is 33.1 Å². The number of nitrogens with zero attached hydrogens (tertiary/aromatic N) is 2. The lowest BCUT2D eigenvalue weighted by molar-refractivity contribution is -0.149. The van der Waals surface area contributed by atoms with Crippen LogP contribution in [0.15, 0.2) is 36.4 Å². The van der Waals surface area contributed by atoms with E-state index in [2.05, 4.69) is 10.1 Å². The number of esters is 1. The summed E-state index contributed by atoms with van der Waals surface area (Å²) in [5.41, 5.74) is 2.14. The highest BCUT2D eigenvalue weighted by atomic mass is 35.5. The van der Waals surface area contributed by atoms with E-state index in [1.165, 1.54) is 16.9 Å². The van der Waals surface area contributed by atoms with E-state index in [1.54, 1.807) is 43.5 Å². The number of fused-ring (bicyclic) bond motifs is 2. The molecule has 0 saturated carbocycles. The Kier molecular flexibility index (Phi) is 7.23. The zero-order chi connectivity index (χ0) is 25.1. The maximum absolute atomic E-state index is 13.5. The lowest BCUT2D eigenvalue weighted by Gasteiger charge is -2.39. The highest BCUT2D eigenvalue weighted by Crippen LogP contribution is 2.36. The third-order valence-electron chi connectivity index (χ3n) is 5.95. The van der Waals surface area contributed by atoms with Crippen LogP contribution < -0.4 is 10.1 Å². The molecule has 35 heavy (non-hydrogen) atoms. The maximum Gasteiger partial charge on any atom is 0.331 e. The molecular formula is C24H24ClN3O7. The van der Waals surface area contributed by atoms with E-state index in [1.807, 2.05) is 0 Å². The number of rotatable bonds is 6. The quantitative estimate of drug-likeness (QED) is 0.600. The Morgan fingerprint density at radius 1 is 1.06 bits per heavy atom. The standard InChI is InChI=1S/C24H24ClN3O7/c1-33-20-6-4-15(25)10-16(20)14-3-5-18-17(9-14)24(32)28-8-7-27(11-19(28)23(31)26-18)21(29)12-35-13-22(30)34-2/h3-6,9-10,19H,7-8,11-13H2,1-2H3,(H,26,31). The van der Waals surface area contributed by atoms with Gasteiger partial charge in [0.2, 0.25) is 11.8 Å². The molecule has 11 heteroatoms. The highest BCUT2D eigenvalue weighted by Gasteiger charge is 2.40. The molecule has 1 unspecified atom stereocenters. The summed E-state index contributed by atoms with van der Waals surface area (Å²) in [5, 5.41) is 3.33. The molecule has 1 fully saturated rings. The summed E-state index contributed by atoms with van der Waals surface area (Å²) in [7, 11) is 2.77. The minimum Gasteiger partial charge on any atom is -0.496 e. The largest absolute Gasteiger partial charge is 0.496 e. The van der Waals surface area contributed by atoms with E-state index in [-0.39, 0.29) is 44.7 Å². The Hall–Kier alpha value is -3.63. The number of halogens is 1. The molecule has 2 aromatic rings. The molecule has 10 nitrogen and oxygen atoms in total. The summed E-state index contributed by atoms with van der Waals surface area (Å²) >= 11 is 6.17. The van der Waals surface area contributed by atoms with Crippen LogP contribution in [-0.2, 0) is 23.9 Å². The van der Waals surface area contributed by atoms with Gasteiger partial charge in [-0.15, -0.1) is 0 Å². The van der Waals surface area contributed by atoms with Crippen LogP contribution in [0.3, 0.4) is 0 Å². The number of carbonyl (C=O) groups is 4. The minimum atomic E-state index is -0.864. The molecule has 2 heterocycles. The van der Waals surface area contributed by atoms with Gasteiger partial charge in [-0.3, -0.25) is 14.4 Å². The zero-order valence-electron chi connectivity index (χ0n) is 19.2. The van der Waals surface area contributed by atoms with Crippen molar-refractivity contribution < 1.29 is 33.4 Å². The molecule has 0 bridgehead atoms. The van der Waals surface area contributed by atoms with Crippen molar-refractivity contribution in [2.75, 3.05) is 52.4 Å². The minimum absolute atomic E-state index is 0.0148. The van der Waals surface area contributed by atoms with Crippen molar-refractivity contribution in [1.82, 2.24) is 9.80 Å². The molecule has 1 atom stereocenters. The number of ether oxygens (including phenoxy) is 3.